The third-order valence-corrected chi connectivity index (χ3v) is 6.30. The quantitative estimate of drug-likeness (QED) is 0.398. The molecule has 2 aromatic heterocycles. The van der Waals surface area contributed by atoms with Crippen molar-refractivity contribution in [2.24, 2.45) is 0 Å². The highest BCUT2D eigenvalue weighted by Gasteiger charge is 2.18. The van der Waals surface area contributed by atoms with E-state index in [1.807, 2.05) is 48.1 Å². The van der Waals surface area contributed by atoms with Crippen LogP contribution in [0.15, 0.2) is 65.1 Å². The highest BCUT2D eigenvalue weighted by molar-refractivity contribution is 7.99. The van der Waals surface area contributed by atoms with Gasteiger partial charge in [-0.15, -0.1) is 21.5 Å². The van der Waals surface area contributed by atoms with Crippen LogP contribution in [0.5, 0.6) is 0 Å². The molecule has 0 bridgehead atoms. The molecule has 0 fully saturated rings. The minimum Gasteiger partial charge on any atom is -0.325 e. The summed E-state index contributed by atoms with van der Waals surface area (Å²) in [5, 5.41) is 14.5. The topological polar surface area (TPSA) is 59.8 Å². The molecule has 152 valence electrons. The van der Waals surface area contributed by atoms with Crippen molar-refractivity contribution in [3.8, 4) is 16.4 Å². The summed E-state index contributed by atoms with van der Waals surface area (Å²) in [6.07, 6.45) is 0. The maximum absolute atomic E-state index is 12.5. The van der Waals surface area contributed by atoms with Crippen molar-refractivity contribution in [2.45, 2.75) is 25.9 Å². The Hall–Kier alpha value is -2.90. The van der Waals surface area contributed by atoms with Crippen LogP contribution in [0, 0.1) is 20.8 Å². The van der Waals surface area contributed by atoms with Crippen molar-refractivity contribution in [1.29, 1.82) is 0 Å². The number of hydrogen-bond donors (Lipinski definition) is 1. The normalized spacial score (nSPS) is 10.9. The van der Waals surface area contributed by atoms with E-state index in [-0.39, 0.29) is 11.7 Å². The standard InChI is InChI=1S/C23H22N4OS2/c1-15-6-8-19(9-7-15)27-22(20-5-4-10-29-20)25-26-23(27)30-14-21(28)24-18-12-16(2)11-17(3)13-18/h4-13H,14H2,1-3H3,(H,24,28). The molecule has 30 heavy (non-hydrogen) atoms. The van der Waals surface area contributed by atoms with Crippen LogP contribution in [0.1, 0.15) is 16.7 Å². The molecule has 0 saturated heterocycles. The van der Waals surface area contributed by atoms with Crippen LogP contribution >= 0.6 is 23.1 Å². The molecule has 0 radical (unpaired) electrons. The lowest BCUT2D eigenvalue weighted by Gasteiger charge is -2.10. The summed E-state index contributed by atoms with van der Waals surface area (Å²) < 4.78 is 2.01. The molecule has 2 heterocycles. The fourth-order valence-corrected chi connectivity index (χ4v) is 4.68. The number of amides is 1. The molecule has 0 aliphatic rings. The molecule has 0 saturated carbocycles. The van der Waals surface area contributed by atoms with E-state index in [9.17, 15) is 4.79 Å². The maximum atomic E-state index is 12.5. The van der Waals surface area contributed by atoms with E-state index in [0.29, 0.717) is 5.16 Å². The van der Waals surface area contributed by atoms with E-state index in [4.69, 9.17) is 0 Å². The van der Waals surface area contributed by atoms with Crippen LogP contribution in [-0.4, -0.2) is 26.4 Å². The number of hydrogen-bond acceptors (Lipinski definition) is 5. The highest BCUT2D eigenvalue weighted by atomic mass is 32.2. The smallest absolute Gasteiger partial charge is 0.234 e. The zero-order valence-corrected chi connectivity index (χ0v) is 18.7. The summed E-state index contributed by atoms with van der Waals surface area (Å²) in [5.74, 6) is 0.966. The fourth-order valence-electron chi connectivity index (χ4n) is 3.23. The van der Waals surface area contributed by atoms with Gasteiger partial charge in [0.1, 0.15) is 0 Å². The second-order valence-electron chi connectivity index (χ2n) is 7.17. The Morgan fingerprint density at radius 2 is 1.73 bits per heavy atom. The van der Waals surface area contributed by atoms with Crippen LogP contribution in [-0.2, 0) is 4.79 Å². The van der Waals surface area contributed by atoms with Gasteiger partial charge in [-0.05, 0) is 67.6 Å². The maximum Gasteiger partial charge on any atom is 0.234 e. The van der Waals surface area contributed by atoms with Crippen molar-refractivity contribution in [3.05, 3.63) is 76.7 Å². The molecule has 4 aromatic rings. The lowest BCUT2D eigenvalue weighted by atomic mass is 10.1. The highest BCUT2D eigenvalue weighted by Crippen LogP contribution is 2.30. The first-order chi connectivity index (χ1) is 14.5. The van der Waals surface area contributed by atoms with Gasteiger partial charge in [-0.1, -0.05) is 41.6 Å². The fraction of sp³-hybridized carbons (Fsp3) is 0.174. The molecule has 2 aromatic carbocycles. The third kappa shape index (κ3) is 4.63. The second-order valence-corrected chi connectivity index (χ2v) is 9.06. The number of carbonyl (C=O) groups excluding carboxylic acids is 1. The minimum atomic E-state index is -0.0684. The molecule has 0 atom stereocenters. The second kappa shape index (κ2) is 8.85. The summed E-state index contributed by atoms with van der Waals surface area (Å²) in [6, 6.07) is 18.3. The Labute approximate surface area is 184 Å². The molecular weight excluding hydrogens is 412 g/mol. The van der Waals surface area contributed by atoms with Gasteiger partial charge in [0.2, 0.25) is 5.91 Å². The lowest BCUT2D eigenvalue weighted by Crippen LogP contribution is -2.14. The molecule has 0 unspecified atom stereocenters. The van der Waals surface area contributed by atoms with E-state index in [0.717, 1.165) is 33.2 Å². The number of aromatic nitrogens is 3. The van der Waals surface area contributed by atoms with Gasteiger partial charge >= 0.3 is 0 Å². The Morgan fingerprint density at radius 1 is 1.00 bits per heavy atom. The SMILES string of the molecule is Cc1ccc(-n2c(SCC(=O)Nc3cc(C)cc(C)c3)nnc2-c2cccs2)cc1. The van der Waals surface area contributed by atoms with Crippen LogP contribution in [0.3, 0.4) is 0 Å². The summed E-state index contributed by atoms with van der Waals surface area (Å²) in [4.78, 5) is 13.6. The minimum absolute atomic E-state index is 0.0684. The zero-order valence-electron chi connectivity index (χ0n) is 17.0. The first-order valence-corrected chi connectivity index (χ1v) is 11.4. The van der Waals surface area contributed by atoms with E-state index >= 15 is 0 Å². The monoisotopic (exact) mass is 434 g/mol. The zero-order chi connectivity index (χ0) is 21.1. The van der Waals surface area contributed by atoms with Gasteiger partial charge in [0.25, 0.3) is 0 Å². The van der Waals surface area contributed by atoms with E-state index in [2.05, 4.69) is 52.8 Å². The number of thiophene rings is 1. The predicted molar refractivity (Wildman–Crippen MR) is 125 cm³/mol. The number of nitrogens with zero attached hydrogens (tertiary/aromatic N) is 3. The summed E-state index contributed by atoms with van der Waals surface area (Å²) in [6.45, 7) is 6.10. The molecule has 1 N–H and O–H groups in total. The van der Waals surface area contributed by atoms with E-state index in [1.165, 1.54) is 17.3 Å². The predicted octanol–water partition coefficient (Wildman–Crippen LogP) is 5.65. The van der Waals surface area contributed by atoms with E-state index in [1.54, 1.807) is 11.3 Å². The Morgan fingerprint density at radius 3 is 2.40 bits per heavy atom. The average Bonchev–Trinajstić information content (AvgIpc) is 3.36. The molecule has 4 rings (SSSR count). The van der Waals surface area contributed by atoms with Crippen molar-refractivity contribution in [1.82, 2.24) is 14.8 Å². The first kappa shape index (κ1) is 20.4. The van der Waals surface area contributed by atoms with Crippen molar-refractivity contribution in [2.75, 3.05) is 11.1 Å². The Bertz CT molecular complexity index is 1140. The van der Waals surface area contributed by atoms with Gasteiger partial charge in [-0.2, -0.15) is 0 Å². The van der Waals surface area contributed by atoms with Gasteiger partial charge in [0.05, 0.1) is 10.6 Å². The summed E-state index contributed by atoms with van der Waals surface area (Å²) >= 11 is 3.00. The number of aryl methyl sites for hydroxylation is 3. The number of anilines is 1. The average molecular weight is 435 g/mol. The van der Waals surface area contributed by atoms with Gasteiger partial charge in [-0.25, -0.2) is 0 Å². The molecule has 1 amide bonds. The molecule has 0 aliphatic heterocycles. The third-order valence-electron chi connectivity index (χ3n) is 4.50. The summed E-state index contributed by atoms with van der Waals surface area (Å²) in [5.41, 5.74) is 5.23. The largest absolute Gasteiger partial charge is 0.325 e. The number of benzene rings is 2. The molecule has 0 spiro atoms. The Balaban J connectivity index is 1.56. The number of thioether (sulfide) groups is 1. The van der Waals surface area contributed by atoms with Gasteiger partial charge in [0.15, 0.2) is 11.0 Å². The number of carbonyl (C=O) groups is 1. The van der Waals surface area contributed by atoms with Gasteiger partial charge < -0.3 is 5.32 Å². The number of rotatable bonds is 6. The van der Waals surface area contributed by atoms with E-state index < -0.39 is 0 Å². The first-order valence-electron chi connectivity index (χ1n) is 9.57. The molecule has 5 nitrogen and oxygen atoms in total. The molecule has 7 heteroatoms. The van der Waals surface area contributed by atoms with Crippen molar-refractivity contribution in [3.63, 3.8) is 0 Å². The Kier molecular flexibility index (Phi) is 6.01. The van der Waals surface area contributed by atoms with Crippen molar-refractivity contribution >= 4 is 34.7 Å². The summed E-state index contributed by atoms with van der Waals surface area (Å²) in [7, 11) is 0. The lowest BCUT2D eigenvalue weighted by molar-refractivity contribution is -0.113. The van der Waals surface area contributed by atoms with Crippen LogP contribution < -0.4 is 5.32 Å². The van der Waals surface area contributed by atoms with Crippen LogP contribution in [0.2, 0.25) is 0 Å². The number of nitrogens with one attached hydrogen (secondary N) is 1. The molecular formula is C23H22N4OS2. The van der Waals surface area contributed by atoms with Gasteiger partial charge in [-0.3, -0.25) is 9.36 Å². The van der Waals surface area contributed by atoms with Gasteiger partial charge in [0, 0.05) is 11.4 Å². The van der Waals surface area contributed by atoms with Crippen LogP contribution in [0.4, 0.5) is 5.69 Å². The molecule has 0 aliphatic carbocycles. The van der Waals surface area contributed by atoms with Crippen molar-refractivity contribution < 1.29 is 4.79 Å². The van der Waals surface area contributed by atoms with Crippen LogP contribution in [0.25, 0.3) is 16.4 Å².